The smallest absolute Gasteiger partial charge is 0.311 e. The fraction of sp³-hybridized carbons (Fsp3) is 0.889. The van der Waals surface area contributed by atoms with E-state index in [-0.39, 0.29) is 30.1 Å². The number of Topliss-reactive ketones (excluding diaryl/α,β-unsaturated/α-hetero) is 2. The summed E-state index contributed by atoms with van der Waals surface area (Å²) in [4.78, 5) is 38.0. The van der Waals surface area contributed by atoms with Crippen LogP contribution in [0.5, 0.6) is 0 Å². The van der Waals surface area contributed by atoms with Gasteiger partial charge in [0.25, 0.3) is 0 Å². The second-order valence-electron chi connectivity index (χ2n) is 10.9. The Kier molecular flexibility index (Phi) is 11.5. The lowest BCUT2D eigenvalue weighted by Crippen LogP contribution is -2.59. The number of ketones is 2. The first-order valence-corrected chi connectivity index (χ1v) is 13.1. The lowest BCUT2D eigenvalue weighted by Gasteiger charge is -2.50. The van der Waals surface area contributed by atoms with Crippen molar-refractivity contribution in [2.24, 2.45) is 41.4 Å². The number of aliphatic hydroxyl groups is 3. The summed E-state index contributed by atoms with van der Waals surface area (Å²) in [6.45, 7) is 17.3. The SMILES string of the molecule is CCC(=O)C(C)C(O)C(C)C(=O)C(C)C(O)C(C)C(=O)OC1C(C)C(C(C)C)OC(O)(CC)C1C. The van der Waals surface area contributed by atoms with E-state index in [1.54, 1.807) is 20.8 Å². The van der Waals surface area contributed by atoms with E-state index < -0.39 is 65.4 Å². The third kappa shape index (κ3) is 6.90. The molecule has 0 aromatic carbocycles. The van der Waals surface area contributed by atoms with Crippen LogP contribution in [0, 0.1) is 41.4 Å². The molecule has 0 aliphatic carbocycles. The Morgan fingerprint density at radius 2 is 1.37 bits per heavy atom. The zero-order valence-electron chi connectivity index (χ0n) is 23.1. The number of ether oxygens (including phenoxy) is 2. The van der Waals surface area contributed by atoms with Crippen LogP contribution in [-0.2, 0) is 23.9 Å². The summed E-state index contributed by atoms with van der Waals surface area (Å²) in [5.74, 6) is -6.79. The number of carbonyl (C=O) groups is 3. The van der Waals surface area contributed by atoms with Crippen LogP contribution in [0.1, 0.15) is 82.1 Å². The summed E-state index contributed by atoms with van der Waals surface area (Å²) >= 11 is 0. The Morgan fingerprint density at radius 3 is 1.80 bits per heavy atom. The molecule has 1 aliphatic rings. The van der Waals surface area contributed by atoms with Gasteiger partial charge in [0.2, 0.25) is 0 Å². The molecule has 0 amide bonds. The highest BCUT2D eigenvalue weighted by atomic mass is 16.6. The van der Waals surface area contributed by atoms with Crippen LogP contribution >= 0.6 is 0 Å². The Morgan fingerprint density at radius 1 is 0.886 bits per heavy atom. The number of aliphatic hydroxyl groups excluding tert-OH is 2. The highest BCUT2D eigenvalue weighted by Gasteiger charge is 2.52. The third-order valence-corrected chi connectivity index (χ3v) is 8.17. The Labute approximate surface area is 210 Å². The van der Waals surface area contributed by atoms with Crippen LogP contribution in [0.4, 0.5) is 0 Å². The molecule has 11 atom stereocenters. The minimum absolute atomic E-state index is 0.0901. The maximum Gasteiger partial charge on any atom is 0.311 e. The maximum absolute atomic E-state index is 13.1. The van der Waals surface area contributed by atoms with Crippen molar-refractivity contribution < 1.29 is 39.2 Å². The van der Waals surface area contributed by atoms with E-state index in [4.69, 9.17) is 9.47 Å². The van der Waals surface area contributed by atoms with Crippen LogP contribution in [0.25, 0.3) is 0 Å². The molecule has 1 fully saturated rings. The number of hydrogen-bond acceptors (Lipinski definition) is 8. The minimum Gasteiger partial charge on any atom is -0.461 e. The molecule has 0 aromatic heterocycles. The maximum atomic E-state index is 13.1. The number of esters is 1. The summed E-state index contributed by atoms with van der Waals surface area (Å²) in [5.41, 5.74) is 0. The molecule has 0 spiro atoms. The second-order valence-corrected chi connectivity index (χ2v) is 10.9. The van der Waals surface area contributed by atoms with Crippen LogP contribution in [0.2, 0.25) is 0 Å². The lowest BCUT2D eigenvalue weighted by atomic mass is 9.76. The number of carbonyl (C=O) groups excluding carboxylic acids is 3. The van der Waals surface area contributed by atoms with E-state index in [1.807, 2.05) is 27.7 Å². The number of rotatable bonds is 12. The Hall–Kier alpha value is -1.35. The van der Waals surface area contributed by atoms with Gasteiger partial charge in [-0.25, -0.2) is 0 Å². The van der Waals surface area contributed by atoms with Crippen LogP contribution < -0.4 is 0 Å². The molecule has 1 aliphatic heterocycles. The minimum atomic E-state index is -1.43. The molecule has 0 saturated carbocycles. The lowest BCUT2D eigenvalue weighted by molar-refractivity contribution is -0.326. The van der Waals surface area contributed by atoms with Gasteiger partial charge >= 0.3 is 5.97 Å². The van der Waals surface area contributed by atoms with Crippen molar-refractivity contribution in [1.82, 2.24) is 0 Å². The van der Waals surface area contributed by atoms with E-state index >= 15 is 0 Å². The van der Waals surface area contributed by atoms with E-state index in [9.17, 15) is 29.7 Å². The van der Waals surface area contributed by atoms with E-state index in [0.29, 0.717) is 6.42 Å². The molecule has 204 valence electrons. The first kappa shape index (κ1) is 31.7. The van der Waals surface area contributed by atoms with Gasteiger partial charge in [-0.3, -0.25) is 14.4 Å². The Bertz CT molecular complexity index is 737. The summed E-state index contributed by atoms with van der Waals surface area (Å²) < 4.78 is 11.9. The highest BCUT2D eigenvalue weighted by molar-refractivity contribution is 5.87. The molecule has 8 nitrogen and oxygen atoms in total. The zero-order valence-corrected chi connectivity index (χ0v) is 23.1. The molecule has 11 unspecified atom stereocenters. The zero-order chi connectivity index (χ0) is 27.4. The third-order valence-electron chi connectivity index (χ3n) is 8.17. The van der Waals surface area contributed by atoms with Gasteiger partial charge in [0, 0.05) is 36.0 Å². The molecular formula is C27H48O8. The van der Waals surface area contributed by atoms with E-state index in [0.717, 1.165) is 0 Å². The van der Waals surface area contributed by atoms with Crippen LogP contribution in [0.15, 0.2) is 0 Å². The van der Waals surface area contributed by atoms with Gasteiger partial charge in [-0.05, 0) is 19.3 Å². The van der Waals surface area contributed by atoms with Gasteiger partial charge in [0.15, 0.2) is 5.79 Å². The predicted molar refractivity (Wildman–Crippen MR) is 132 cm³/mol. The quantitative estimate of drug-likeness (QED) is 0.348. The van der Waals surface area contributed by atoms with Gasteiger partial charge in [-0.15, -0.1) is 0 Å². The molecular weight excluding hydrogens is 452 g/mol. The molecule has 1 rings (SSSR count). The Balaban J connectivity index is 2.97. The van der Waals surface area contributed by atoms with E-state index in [1.165, 1.54) is 20.8 Å². The average Bonchev–Trinajstić information content (AvgIpc) is 2.84. The van der Waals surface area contributed by atoms with Crippen molar-refractivity contribution in [3.8, 4) is 0 Å². The van der Waals surface area contributed by atoms with Crippen LogP contribution in [0.3, 0.4) is 0 Å². The summed E-state index contributed by atoms with van der Waals surface area (Å²) in [7, 11) is 0. The fourth-order valence-electron chi connectivity index (χ4n) is 5.22. The van der Waals surface area contributed by atoms with Crippen molar-refractivity contribution in [2.75, 3.05) is 0 Å². The van der Waals surface area contributed by atoms with Gasteiger partial charge in [0.05, 0.1) is 24.2 Å². The molecule has 1 saturated heterocycles. The predicted octanol–water partition coefficient (Wildman–Crippen LogP) is 3.14. The number of hydrogen-bond donors (Lipinski definition) is 3. The summed E-state index contributed by atoms with van der Waals surface area (Å²) in [5, 5.41) is 32.4. The van der Waals surface area contributed by atoms with Crippen LogP contribution in [-0.4, -0.2) is 63.1 Å². The van der Waals surface area contributed by atoms with Gasteiger partial charge < -0.3 is 24.8 Å². The van der Waals surface area contributed by atoms with Crippen molar-refractivity contribution in [3.05, 3.63) is 0 Å². The normalized spacial score (nSPS) is 32.3. The fourth-order valence-corrected chi connectivity index (χ4v) is 5.22. The summed E-state index contributed by atoms with van der Waals surface area (Å²) in [6, 6.07) is 0. The van der Waals surface area contributed by atoms with Crippen molar-refractivity contribution in [3.63, 3.8) is 0 Å². The monoisotopic (exact) mass is 500 g/mol. The molecule has 8 heteroatoms. The molecule has 35 heavy (non-hydrogen) atoms. The molecule has 0 aromatic rings. The second kappa shape index (κ2) is 12.7. The largest absolute Gasteiger partial charge is 0.461 e. The first-order valence-electron chi connectivity index (χ1n) is 13.1. The standard InChI is InChI=1S/C27H48O8/c1-11-20(28)14(5)21(29)15(6)22(30)16(7)23(31)17(8)26(32)34-25-18(9)24(13(3)4)35-27(33,12-2)19(25)10/h13-19,21,23-25,29,31,33H,11-12H2,1-10H3. The molecule has 0 bridgehead atoms. The molecule has 0 radical (unpaired) electrons. The average molecular weight is 501 g/mol. The van der Waals surface area contributed by atoms with Crippen molar-refractivity contribution >= 4 is 17.5 Å². The van der Waals surface area contributed by atoms with Crippen molar-refractivity contribution in [1.29, 1.82) is 0 Å². The van der Waals surface area contributed by atoms with Crippen molar-refractivity contribution in [2.45, 2.75) is 112 Å². The first-order chi connectivity index (χ1) is 16.0. The van der Waals surface area contributed by atoms with E-state index in [2.05, 4.69) is 0 Å². The van der Waals surface area contributed by atoms with Gasteiger partial charge in [0.1, 0.15) is 17.7 Å². The van der Waals surface area contributed by atoms with Gasteiger partial charge in [-0.2, -0.15) is 0 Å². The molecule has 3 N–H and O–H groups in total. The summed E-state index contributed by atoms with van der Waals surface area (Å²) in [6.07, 6.45) is -2.86. The topological polar surface area (TPSA) is 130 Å². The highest BCUT2D eigenvalue weighted by Crippen LogP contribution is 2.42. The van der Waals surface area contributed by atoms with Gasteiger partial charge in [-0.1, -0.05) is 62.3 Å². The molecule has 1 heterocycles.